The Morgan fingerprint density at radius 1 is 1.15 bits per heavy atom. The third-order valence-electron chi connectivity index (χ3n) is 3.62. The molecule has 1 heterocycles. The highest BCUT2D eigenvalue weighted by Crippen LogP contribution is 2.20. The van der Waals surface area contributed by atoms with E-state index in [9.17, 15) is 0 Å². The van der Waals surface area contributed by atoms with Gasteiger partial charge in [-0.15, -0.1) is 0 Å². The molecule has 0 unspecified atom stereocenters. The first-order chi connectivity index (χ1) is 9.74. The van der Waals surface area contributed by atoms with E-state index in [0.29, 0.717) is 0 Å². The van der Waals surface area contributed by atoms with E-state index in [4.69, 9.17) is 11.6 Å². The van der Waals surface area contributed by atoms with Gasteiger partial charge in [-0.1, -0.05) is 41.9 Å². The maximum atomic E-state index is 6.03. The molecule has 0 radical (unpaired) electrons. The fourth-order valence-electron chi connectivity index (χ4n) is 2.43. The van der Waals surface area contributed by atoms with E-state index in [1.54, 1.807) is 0 Å². The number of benzene rings is 2. The lowest BCUT2D eigenvalue weighted by Gasteiger charge is -2.14. The van der Waals surface area contributed by atoms with Crippen LogP contribution in [0, 0.1) is 0 Å². The molecule has 0 amide bonds. The highest BCUT2D eigenvalue weighted by molar-refractivity contribution is 6.30. The molecule has 0 aliphatic carbocycles. The second-order valence-corrected chi connectivity index (χ2v) is 5.45. The van der Waals surface area contributed by atoms with Crippen LogP contribution in [0.25, 0.3) is 10.9 Å². The number of H-pyrrole nitrogens is 1. The molecule has 2 N–H and O–H groups in total. The van der Waals surface area contributed by atoms with Gasteiger partial charge in [-0.25, -0.2) is 0 Å². The van der Waals surface area contributed by atoms with Gasteiger partial charge in [0.25, 0.3) is 0 Å². The number of hydrogen-bond donors (Lipinski definition) is 2. The van der Waals surface area contributed by atoms with Crippen molar-refractivity contribution in [1.82, 2.24) is 10.3 Å². The van der Waals surface area contributed by atoms with Gasteiger partial charge in [-0.05, 0) is 36.2 Å². The minimum atomic E-state index is 0.266. The predicted molar refractivity (Wildman–Crippen MR) is 85.0 cm³/mol. The first kappa shape index (κ1) is 13.2. The Hall–Kier alpha value is -1.77. The predicted octanol–water partition coefficient (Wildman–Crippen LogP) is 4.67. The summed E-state index contributed by atoms with van der Waals surface area (Å²) in [6.07, 6.45) is 2.07. The van der Waals surface area contributed by atoms with Crippen molar-refractivity contribution in [3.05, 3.63) is 70.9 Å². The Balaban J connectivity index is 1.73. The van der Waals surface area contributed by atoms with Crippen molar-refractivity contribution in [3.63, 3.8) is 0 Å². The number of aromatic amines is 1. The van der Waals surface area contributed by atoms with Gasteiger partial charge in [0, 0.05) is 34.7 Å². The molecule has 3 aromatic rings. The summed E-state index contributed by atoms with van der Waals surface area (Å²) in [6.45, 7) is 2.98. The van der Waals surface area contributed by atoms with E-state index in [1.165, 1.54) is 22.0 Å². The number of rotatable bonds is 4. The highest BCUT2D eigenvalue weighted by Gasteiger charge is 2.07. The molecule has 0 spiro atoms. The van der Waals surface area contributed by atoms with Crippen LogP contribution in [0.15, 0.2) is 54.7 Å². The number of hydrogen-bond acceptors (Lipinski definition) is 1. The van der Waals surface area contributed by atoms with Crippen LogP contribution in [0.5, 0.6) is 0 Å². The third kappa shape index (κ3) is 2.72. The number of para-hydroxylation sites is 1. The van der Waals surface area contributed by atoms with E-state index in [2.05, 4.69) is 47.7 Å². The maximum absolute atomic E-state index is 6.03. The number of aromatic nitrogens is 1. The summed E-state index contributed by atoms with van der Waals surface area (Å²) >= 11 is 6.03. The Kier molecular flexibility index (Phi) is 3.77. The monoisotopic (exact) mass is 284 g/mol. The normalized spacial score (nSPS) is 12.7. The van der Waals surface area contributed by atoms with Crippen LogP contribution in [0.3, 0.4) is 0 Å². The van der Waals surface area contributed by atoms with Crippen molar-refractivity contribution in [2.24, 2.45) is 0 Å². The summed E-state index contributed by atoms with van der Waals surface area (Å²) < 4.78 is 0. The lowest BCUT2D eigenvalue weighted by atomic mass is 10.1. The molecule has 0 aliphatic heterocycles. The van der Waals surface area contributed by atoms with Crippen LogP contribution < -0.4 is 5.32 Å². The molecule has 0 bridgehead atoms. The summed E-state index contributed by atoms with van der Waals surface area (Å²) in [5.74, 6) is 0. The van der Waals surface area contributed by atoms with Crippen molar-refractivity contribution in [1.29, 1.82) is 0 Å². The molecular weight excluding hydrogens is 268 g/mol. The SMILES string of the molecule is C[C@H](NCc1c[nH]c2ccccc12)c1cccc(Cl)c1. The van der Waals surface area contributed by atoms with Crippen LogP contribution in [0.4, 0.5) is 0 Å². The molecule has 3 heteroatoms. The molecule has 1 atom stereocenters. The minimum absolute atomic E-state index is 0.266. The summed E-state index contributed by atoms with van der Waals surface area (Å²) in [6, 6.07) is 16.6. The Labute approximate surface area is 123 Å². The molecule has 1 aromatic heterocycles. The fourth-order valence-corrected chi connectivity index (χ4v) is 2.63. The van der Waals surface area contributed by atoms with Gasteiger partial charge in [-0.3, -0.25) is 0 Å². The Morgan fingerprint density at radius 2 is 2.00 bits per heavy atom. The largest absolute Gasteiger partial charge is 0.361 e. The summed E-state index contributed by atoms with van der Waals surface area (Å²) in [5.41, 5.74) is 3.67. The summed E-state index contributed by atoms with van der Waals surface area (Å²) in [7, 11) is 0. The molecule has 2 nitrogen and oxygen atoms in total. The lowest BCUT2D eigenvalue weighted by Crippen LogP contribution is -2.17. The highest BCUT2D eigenvalue weighted by atomic mass is 35.5. The second kappa shape index (κ2) is 5.70. The van der Waals surface area contributed by atoms with Gasteiger partial charge in [-0.2, -0.15) is 0 Å². The Bertz CT molecular complexity index is 718. The molecule has 102 valence electrons. The lowest BCUT2D eigenvalue weighted by molar-refractivity contribution is 0.576. The minimum Gasteiger partial charge on any atom is -0.361 e. The van der Waals surface area contributed by atoms with Crippen LogP contribution in [0.2, 0.25) is 5.02 Å². The quantitative estimate of drug-likeness (QED) is 0.716. The van der Waals surface area contributed by atoms with Gasteiger partial charge >= 0.3 is 0 Å². The van der Waals surface area contributed by atoms with Crippen molar-refractivity contribution in [3.8, 4) is 0 Å². The first-order valence-electron chi connectivity index (χ1n) is 6.78. The smallest absolute Gasteiger partial charge is 0.0457 e. The Morgan fingerprint density at radius 3 is 2.85 bits per heavy atom. The van der Waals surface area contributed by atoms with Crippen molar-refractivity contribution in [2.75, 3.05) is 0 Å². The zero-order chi connectivity index (χ0) is 13.9. The molecule has 2 aromatic carbocycles. The zero-order valence-corrected chi connectivity index (χ0v) is 12.1. The molecule has 0 saturated carbocycles. The van der Waals surface area contributed by atoms with Gasteiger partial charge < -0.3 is 10.3 Å². The van der Waals surface area contributed by atoms with E-state index in [1.807, 2.05) is 24.3 Å². The van der Waals surface area contributed by atoms with Crippen molar-refractivity contribution < 1.29 is 0 Å². The number of halogens is 1. The summed E-state index contributed by atoms with van der Waals surface area (Å²) in [5, 5.41) is 5.60. The maximum Gasteiger partial charge on any atom is 0.0457 e. The van der Waals surface area contributed by atoms with Crippen LogP contribution in [-0.2, 0) is 6.54 Å². The molecule has 0 aliphatic rings. The molecule has 20 heavy (non-hydrogen) atoms. The van der Waals surface area contributed by atoms with E-state index in [0.717, 1.165) is 11.6 Å². The number of nitrogens with one attached hydrogen (secondary N) is 2. The average Bonchev–Trinajstić information content (AvgIpc) is 2.88. The van der Waals surface area contributed by atoms with Gasteiger partial charge in [0.2, 0.25) is 0 Å². The van der Waals surface area contributed by atoms with E-state index >= 15 is 0 Å². The van der Waals surface area contributed by atoms with E-state index < -0.39 is 0 Å². The van der Waals surface area contributed by atoms with Crippen LogP contribution >= 0.6 is 11.6 Å². The van der Waals surface area contributed by atoms with Crippen LogP contribution in [-0.4, -0.2) is 4.98 Å². The first-order valence-corrected chi connectivity index (χ1v) is 7.15. The topological polar surface area (TPSA) is 27.8 Å². The van der Waals surface area contributed by atoms with E-state index in [-0.39, 0.29) is 6.04 Å². The van der Waals surface area contributed by atoms with Gasteiger partial charge in [0.05, 0.1) is 0 Å². The standard InChI is InChI=1S/C17H17ClN2/c1-12(13-5-4-6-15(18)9-13)19-10-14-11-20-17-8-3-2-7-16(14)17/h2-9,11-12,19-20H,10H2,1H3/t12-/m0/s1. The zero-order valence-electron chi connectivity index (χ0n) is 11.4. The fraction of sp³-hybridized carbons (Fsp3) is 0.176. The van der Waals surface area contributed by atoms with Crippen LogP contribution in [0.1, 0.15) is 24.1 Å². The molecule has 3 rings (SSSR count). The van der Waals surface area contributed by atoms with Crippen molar-refractivity contribution >= 4 is 22.5 Å². The molecular formula is C17H17ClN2. The second-order valence-electron chi connectivity index (χ2n) is 5.02. The number of fused-ring (bicyclic) bond motifs is 1. The third-order valence-corrected chi connectivity index (χ3v) is 3.86. The summed E-state index contributed by atoms with van der Waals surface area (Å²) in [4.78, 5) is 3.30. The average molecular weight is 285 g/mol. The van der Waals surface area contributed by atoms with Gasteiger partial charge in [0.1, 0.15) is 0 Å². The molecule has 0 fully saturated rings. The molecule has 0 saturated heterocycles. The van der Waals surface area contributed by atoms with Gasteiger partial charge in [0.15, 0.2) is 0 Å². The van der Waals surface area contributed by atoms with Crippen molar-refractivity contribution in [2.45, 2.75) is 19.5 Å².